The van der Waals surface area contributed by atoms with Crippen molar-refractivity contribution in [3.05, 3.63) is 93.9 Å². The number of aryl methyl sites for hydroxylation is 1. The molecule has 3 aromatic carbocycles. The highest BCUT2D eigenvalue weighted by Crippen LogP contribution is 2.39. The molecule has 49 heavy (non-hydrogen) atoms. The number of nitrogens with zero attached hydrogens (tertiary/aromatic N) is 1. The number of benzene rings is 3. The number of rotatable bonds is 10. The number of primary amides is 1. The number of carbonyl (C=O) groups is 2. The van der Waals surface area contributed by atoms with Crippen LogP contribution in [0.3, 0.4) is 0 Å². The van der Waals surface area contributed by atoms with Crippen LogP contribution in [-0.4, -0.2) is 59.5 Å². The second-order valence-electron chi connectivity index (χ2n) is 11.5. The molecule has 0 radical (unpaired) electrons. The fourth-order valence-corrected chi connectivity index (χ4v) is 5.49. The maximum absolute atomic E-state index is 13.3. The lowest BCUT2D eigenvalue weighted by Gasteiger charge is -2.47. The SMILES string of the molecule is CO[C@@H]1[C@@H](OC(N)=O)[C@@H](O)[C@H](Oc2ccc3c(O)c(NC(=O)c4ccc(CN=[NH2+])c(Oc5ccccc5)c4)c(=O)oc3c2C)OC1(C)C.[NH2-]. The molecule has 2 heterocycles. The highest BCUT2D eigenvalue weighted by Gasteiger charge is 2.53. The number of nitrogens with one attached hydrogen (secondary N) is 1. The van der Waals surface area contributed by atoms with Gasteiger partial charge >= 0.3 is 11.7 Å². The number of anilines is 1. The molecule has 16 heteroatoms. The van der Waals surface area contributed by atoms with Crippen molar-refractivity contribution in [2.24, 2.45) is 10.8 Å². The minimum absolute atomic E-state index is 0. The van der Waals surface area contributed by atoms with Gasteiger partial charge in [-0.2, -0.15) is 5.53 Å². The molecule has 0 unspecified atom stereocenters. The Bertz CT molecular complexity index is 1920. The van der Waals surface area contributed by atoms with Crippen LogP contribution in [0.1, 0.15) is 35.3 Å². The highest BCUT2D eigenvalue weighted by atomic mass is 16.7. The molecule has 4 atom stereocenters. The maximum Gasteiger partial charge on any atom is 0.404 e. The molecule has 260 valence electrons. The zero-order valence-corrected chi connectivity index (χ0v) is 27.0. The van der Waals surface area contributed by atoms with Gasteiger partial charge in [0.25, 0.3) is 5.91 Å². The molecule has 16 nitrogen and oxygen atoms in total. The molecule has 0 bridgehead atoms. The third-order valence-electron chi connectivity index (χ3n) is 7.82. The van der Waals surface area contributed by atoms with E-state index >= 15 is 0 Å². The number of aromatic hydroxyl groups is 1. The largest absolute Gasteiger partial charge is 0.693 e. The molecule has 2 amide bonds. The number of methoxy groups -OCH3 is 1. The van der Waals surface area contributed by atoms with Crippen molar-refractivity contribution in [2.45, 2.75) is 57.5 Å². The average molecular weight is 680 g/mol. The van der Waals surface area contributed by atoms with Gasteiger partial charge in [0.1, 0.15) is 35.5 Å². The van der Waals surface area contributed by atoms with Crippen molar-refractivity contribution in [1.29, 1.82) is 0 Å². The minimum Gasteiger partial charge on any atom is -0.693 e. The fourth-order valence-electron chi connectivity index (χ4n) is 5.49. The summed E-state index contributed by atoms with van der Waals surface area (Å²) >= 11 is 0. The molecule has 4 aromatic rings. The molecule has 9 N–H and O–H groups in total. The smallest absolute Gasteiger partial charge is 0.404 e. The number of hydrogen-bond donors (Lipinski definition) is 5. The van der Waals surface area contributed by atoms with E-state index in [2.05, 4.69) is 10.4 Å². The van der Waals surface area contributed by atoms with Crippen LogP contribution in [0.15, 0.2) is 75.0 Å². The average Bonchev–Trinajstić information content (AvgIpc) is 3.04. The number of aliphatic hydroxyl groups excluding tert-OH is 1. The van der Waals surface area contributed by atoms with Crippen molar-refractivity contribution in [2.75, 3.05) is 12.4 Å². The Morgan fingerprint density at radius 1 is 1.10 bits per heavy atom. The molecule has 1 saturated heterocycles. The van der Waals surface area contributed by atoms with Gasteiger partial charge in [-0.05, 0) is 62.3 Å². The number of amides is 2. The molecule has 0 saturated carbocycles. The van der Waals surface area contributed by atoms with Gasteiger partial charge in [-0.3, -0.25) is 4.79 Å². The summed E-state index contributed by atoms with van der Waals surface area (Å²) in [6.45, 7) is 4.99. The van der Waals surface area contributed by atoms with Crippen molar-refractivity contribution in [3.8, 4) is 23.0 Å². The zero-order valence-electron chi connectivity index (χ0n) is 27.0. The summed E-state index contributed by atoms with van der Waals surface area (Å²) in [4.78, 5) is 37.9. The number of carbonyl (C=O) groups excluding carboxylic acids is 2. The van der Waals surface area contributed by atoms with E-state index in [4.69, 9.17) is 39.4 Å². The van der Waals surface area contributed by atoms with Crippen molar-refractivity contribution in [3.63, 3.8) is 0 Å². The third-order valence-corrected chi connectivity index (χ3v) is 7.82. The summed E-state index contributed by atoms with van der Waals surface area (Å²) in [6, 6.07) is 16.3. The second-order valence-corrected chi connectivity index (χ2v) is 11.5. The summed E-state index contributed by atoms with van der Waals surface area (Å²) < 4.78 is 33.9. The zero-order chi connectivity index (χ0) is 34.7. The number of fused-ring (bicyclic) bond motifs is 1. The van der Waals surface area contributed by atoms with Crippen LogP contribution in [0.25, 0.3) is 17.1 Å². The molecule has 0 aliphatic carbocycles. The molecule has 0 spiro atoms. The monoisotopic (exact) mass is 679 g/mol. The van der Waals surface area contributed by atoms with Gasteiger partial charge in [-0.25, -0.2) is 9.59 Å². The molecular weight excluding hydrogens is 642 g/mol. The quantitative estimate of drug-likeness (QED) is 0.119. The first-order valence-corrected chi connectivity index (χ1v) is 14.7. The van der Waals surface area contributed by atoms with Gasteiger partial charge in [-0.1, -0.05) is 24.3 Å². The molecule has 1 fully saturated rings. The highest BCUT2D eigenvalue weighted by molar-refractivity contribution is 6.06. The van der Waals surface area contributed by atoms with E-state index in [1.807, 2.05) is 6.07 Å². The topological polar surface area (TPSA) is 260 Å². The Morgan fingerprint density at radius 2 is 1.82 bits per heavy atom. The Morgan fingerprint density at radius 3 is 2.47 bits per heavy atom. The van der Waals surface area contributed by atoms with Crippen LogP contribution in [-0.2, 0) is 20.8 Å². The second kappa shape index (κ2) is 14.7. The normalized spacial score (nSPS) is 19.7. The maximum atomic E-state index is 13.3. The lowest BCUT2D eigenvalue weighted by molar-refractivity contribution is -0.304. The van der Waals surface area contributed by atoms with E-state index in [1.165, 1.54) is 31.4 Å². The first-order valence-electron chi connectivity index (χ1n) is 14.7. The van der Waals surface area contributed by atoms with Crippen molar-refractivity contribution < 1.29 is 53.4 Å². The molecule has 1 aliphatic heterocycles. The number of nitrogens with two attached hydrogens (primary N) is 3. The summed E-state index contributed by atoms with van der Waals surface area (Å²) in [5.41, 5.74) is 8.91. The summed E-state index contributed by atoms with van der Waals surface area (Å²) in [7, 11) is 1.37. The molecule has 5 rings (SSSR count). The Kier molecular flexibility index (Phi) is 10.9. The third kappa shape index (κ3) is 7.47. The van der Waals surface area contributed by atoms with Crippen LogP contribution >= 0.6 is 0 Å². The van der Waals surface area contributed by atoms with Gasteiger partial charge < -0.3 is 55.5 Å². The minimum atomic E-state index is -1.53. The summed E-state index contributed by atoms with van der Waals surface area (Å²) in [6.07, 6.45) is -6.14. The van der Waals surface area contributed by atoms with E-state index in [9.17, 15) is 24.6 Å². The van der Waals surface area contributed by atoms with Crippen LogP contribution < -0.4 is 31.7 Å². The van der Waals surface area contributed by atoms with Crippen LogP contribution in [0, 0.1) is 6.92 Å². The van der Waals surface area contributed by atoms with E-state index < -0.39 is 59.3 Å². The Balaban J connectivity index is 0.00000541. The van der Waals surface area contributed by atoms with Gasteiger partial charge in [-0.15, -0.1) is 0 Å². The Labute approximate surface area is 279 Å². The van der Waals surface area contributed by atoms with Crippen LogP contribution in [0.5, 0.6) is 23.0 Å². The fraction of sp³-hybridized carbons (Fsp3) is 0.303. The van der Waals surface area contributed by atoms with E-state index in [-0.39, 0.29) is 40.5 Å². The number of aliphatic hydroxyl groups is 1. The molecular formula is C33H37N5O11. The van der Waals surface area contributed by atoms with Crippen molar-refractivity contribution in [1.82, 2.24) is 0 Å². The van der Waals surface area contributed by atoms with Crippen molar-refractivity contribution >= 4 is 28.7 Å². The Hall–Kier alpha value is -5.55. The van der Waals surface area contributed by atoms with Gasteiger partial charge in [0.15, 0.2) is 23.6 Å². The predicted octanol–water partition coefficient (Wildman–Crippen LogP) is 3.63. The first kappa shape index (κ1) is 36.3. The predicted molar refractivity (Wildman–Crippen MR) is 174 cm³/mol. The van der Waals surface area contributed by atoms with Crippen LogP contribution in [0.4, 0.5) is 10.5 Å². The molecule has 1 aliphatic rings. The molecule has 1 aromatic heterocycles. The van der Waals surface area contributed by atoms with E-state index in [0.29, 0.717) is 17.1 Å². The van der Waals surface area contributed by atoms with Gasteiger partial charge in [0.05, 0.1) is 11.0 Å². The lowest BCUT2D eigenvalue weighted by atomic mass is 9.89. The summed E-state index contributed by atoms with van der Waals surface area (Å²) in [5, 5.41) is 28.3. The number of para-hydroxylation sites is 1. The number of hydrogen-bond acceptors (Lipinski definition) is 12. The van der Waals surface area contributed by atoms with E-state index in [1.54, 1.807) is 51.1 Å². The first-order chi connectivity index (χ1) is 22.8. The standard InChI is InChI=1S/C33H34N4O11.H2N/c1-16-21(45-31-25(39)27(47-32(34)42)28(43-4)33(2,3)48-31)13-12-20-24(38)23(30(41)46-26(16)20)37-29(40)17-10-11-18(15-36-35)22(14-17)44-19-8-6-5-7-9-19;/h5-14,25,27-28,31,35,38-39H,15H2,1-4H3,(H2,34,42)(H,37,40);1H2/q;-1/p+1/t25-,27+,28-,31-;/m1./s1. The van der Waals surface area contributed by atoms with E-state index in [0.717, 1.165) is 0 Å². The summed E-state index contributed by atoms with van der Waals surface area (Å²) in [5.74, 6) is -0.314. The lowest BCUT2D eigenvalue weighted by Crippen LogP contribution is -2.65. The number of ether oxygens (including phenoxy) is 5. The van der Waals surface area contributed by atoms with Crippen LogP contribution in [0.2, 0.25) is 0 Å². The van der Waals surface area contributed by atoms with Gasteiger partial charge in [0.2, 0.25) is 6.29 Å². The van der Waals surface area contributed by atoms with Gasteiger partial charge in [0, 0.05) is 23.8 Å².